The van der Waals surface area contributed by atoms with Crippen molar-refractivity contribution in [1.82, 2.24) is 14.5 Å². The summed E-state index contributed by atoms with van der Waals surface area (Å²) in [6.45, 7) is -0.763. The van der Waals surface area contributed by atoms with Gasteiger partial charge in [0.15, 0.2) is 5.82 Å². The molecule has 1 aromatic heterocycles. The van der Waals surface area contributed by atoms with Gasteiger partial charge in [-0.05, 0) is 42.5 Å². The van der Waals surface area contributed by atoms with Crippen LogP contribution in [0.2, 0.25) is 0 Å². The average Bonchev–Trinajstić information content (AvgIpc) is 3.20. The van der Waals surface area contributed by atoms with E-state index in [0.29, 0.717) is 6.07 Å². The predicted molar refractivity (Wildman–Crippen MR) is 98.8 cm³/mol. The van der Waals surface area contributed by atoms with Crippen molar-refractivity contribution >= 4 is 21.6 Å². The van der Waals surface area contributed by atoms with Gasteiger partial charge in [0.05, 0.1) is 17.0 Å². The first kappa shape index (κ1) is 21.5. The molecule has 0 unspecified atom stereocenters. The molecule has 2 N–H and O–H groups in total. The highest BCUT2D eigenvalue weighted by Crippen LogP contribution is 2.30. The van der Waals surface area contributed by atoms with Crippen LogP contribution in [0.1, 0.15) is 5.56 Å². The number of rotatable bonds is 6. The number of halogens is 4. The molecule has 0 radical (unpaired) electrons. The number of hydrogen-bond donors (Lipinski definition) is 2. The van der Waals surface area contributed by atoms with Gasteiger partial charge in [-0.15, -0.1) is 0 Å². The van der Waals surface area contributed by atoms with Crippen LogP contribution in [0.15, 0.2) is 65.8 Å². The van der Waals surface area contributed by atoms with Gasteiger partial charge < -0.3 is 5.32 Å². The molecule has 3 rings (SSSR count). The normalized spacial score (nSPS) is 12.0. The summed E-state index contributed by atoms with van der Waals surface area (Å²) in [7, 11) is -4.37. The number of amides is 1. The van der Waals surface area contributed by atoms with Crippen molar-refractivity contribution in [2.45, 2.75) is 11.1 Å². The summed E-state index contributed by atoms with van der Waals surface area (Å²) in [6.07, 6.45) is -1.72. The van der Waals surface area contributed by atoms with E-state index in [1.54, 1.807) is 6.07 Å². The SMILES string of the molecule is O=C(CNS(=O)(=O)c1cccc(C(F)(F)F)c1)Nc1ccc(-n2cccn2)c(F)c1. The van der Waals surface area contributed by atoms with Crippen LogP contribution in [-0.4, -0.2) is 30.7 Å². The van der Waals surface area contributed by atoms with Crippen LogP contribution in [0.5, 0.6) is 0 Å². The van der Waals surface area contributed by atoms with Crippen molar-refractivity contribution in [3.63, 3.8) is 0 Å². The Morgan fingerprint density at radius 3 is 2.50 bits per heavy atom. The molecule has 0 aliphatic heterocycles. The number of aromatic nitrogens is 2. The number of anilines is 1. The van der Waals surface area contributed by atoms with Crippen LogP contribution < -0.4 is 10.0 Å². The van der Waals surface area contributed by atoms with Crippen molar-refractivity contribution in [1.29, 1.82) is 0 Å². The molecule has 7 nitrogen and oxygen atoms in total. The fourth-order valence-electron chi connectivity index (χ4n) is 2.47. The highest BCUT2D eigenvalue weighted by molar-refractivity contribution is 7.89. The maximum atomic E-state index is 14.2. The van der Waals surface area contributed by atoms with Gasteiger partial charge in [0.1, 0.15) is 5.69 Å². The van der Waals surface area contributed by atoms with E-state index < -0.39 is 44.9 Å². The number of sulfonamides is 1. The van der Waals surface area contributed by atoms with Crippen molar-refractivity contribution in [2.75, 3.05) is 11.9 Å². The lowest BCUT2D eigenvalue weighted by Crippen LogP contribution is -2.33. The smallest absolute Gasteiger partial charge is 0.325 e. The maximum absolute atomic E-state index is 14.2. The lowest BCUT2D eigenvalue weighted by atomic mass is 10.2. The summed E-state index contributed by atoms with van der Waals surface area (Å²) in [5, 5.41) is 6.19. The Hall–Kier alpha value is -3.25. The van der Waals surface area contributed by atoms with Crippen LogP contribution in [0, 0.1) is 5.82 Å². The molecule has 0 fully saturated rings. The number of nitrogens with zero attached hydrogens (tertiary/aromatic N) is 2. The van der Waals surface area contributed by atoms with E-state index in [4.69, 9.17) is 0 Å². The minimum atomic E-state index is -4.71. The molecule has 0 atom stereocenters. The molecular formula is C18H14F4N4O3S. The molecule has 158 valence electrons. The highest BCUT2D eigenvalue weighted by Gasteiger charge is 2.31. The van der Waals surface area contributed by atoms with E-state index in [0.717, 1.165) is 24.3 Å². The Bertz CT molecular complexity index is 1160. The van der Waals surface area contributed by atoms with E-state index in [1.165, 1.54) is 29.2 Å². The van der Waals surface area contributed by atoms with Gasteiger partial charge in [-0.3, -0.25) is 4.79 Å². The van der Waals surface area contributed by atoms with Gasteiger partial charge in [-0.1, -0.05) is 6.07 Å². The van der Waals surface area contributed by atoms with Crippen LogP contribution in [-0.2, 0) is 21.0 Å². The monoisotopic (exact) mass is 442 g/mol. The van der Waals surface area contributed by atoms with Crippen molar-refractivity contribution in [2.24, 2.45) is 0 Å². The first-order chi connectivity index (χ1) is 14.1. The number of carbonyl (C=O) groups excluding carboxylic acids is 1. The van der Waals surface area contributed by atoms with Crippen LogP contribution in [0.25, 0.3) is 5.69 Å². The molecule has 0 spiro atoms. The van der Waals surface area contributed by atoms with Gasteiger partial charge in [-0.25, -0.2) is 22.2 Å². The molecule has 0 aliphatic rings. The average molecular weight is 442 g/mol. The maximum Gasteiger partial charge on any atom is 0.416 e. The molecular weight excluding hydrogens is 428 g/mol. The van der Waals surface area contributed by atoms with Crippen molar-refractivity contribution < 1.29 is 30.8 Å². The number of hydrogen-bond acceptors (Lipinski definition) is 4. The van der Waals surface area contributed by atoms with Gasteiger partial charge in [0, 0.05) is 18.1 Å². The summed E-state index contributed by atoms with van der Waals surface area (Å²) in [5.41, 5.74) is -0.933. The Labute approximate surface area is 168 Å². The zero-order chi connectivity index (χ0) is 21.9. The fraction of sp³-hybridized carbons (Fsp3) is 0.111. The number of benzene rings is 2. The largest absolute Gasteiger partial charge is 0.416 e. The standard InChI is InChI=1S/C18H14F4N4O3S/c19-15-10-13(5-6-16(15)26-8-2-7-23-26)25-17(27)11-24-30(28,29)14-4-1-3-12(9-14)18(20,21)22/h1-10,24H,11H2,(H,25,27). The molecule has 12 heteroatoms. The second-order valence-electron chi connectivity index (χ2n) is 6.02. The molecule has 30 heavy (non-hydrogen) atoms. The lowest BCUT2D eigenvalue weighted by molar-refractivity contribution is -0.137. The highest BCUT2D eigenvalue weighted by atomic mass is 32.2. The van der Waals surface area contributed by atoms with Gasteiger partial charge in [-0.2, -0.15) is 18.3 Å². The number of carbonyl (C=O) groups is 1. The molecule has 2 aromatic carbocycles. The summed E-state index contributed by atoms with van der Waals surface area (Å²) >= 11 is 0. The predicted octanol–water partition coefficient (Wildman–Crippen LogP) is 2.95. The molecule has 3 aromatic rings. The van der Waals surface area contributed by atoms with Gasteiger partial charge >= 0.3 is 6.18 Å². The topological polar surface area (TPSA) is 93.1 Å². The second-order valence-corrected chi connectivity index (χ2v) is 7.78. The molecule has 0 aliphatic carbocycles. The van der Waals surface area contributed by atoms with Crippen LogP contribution in [0.4, 0.5) is 23.2 Å². The summed E-state index contributed by atoms with van der Waals surface area (Å²) < 4.78 is 80.0. The quantitative estimate of drug-likeness (QED) is 0.574. The zero-order valence-electron chi connectivity index (χ0n) is 15.0. The minimum absolute atomic E-state index is 0.0617. The lowest BCUT2D eigenvalue weighted by Gasteiger charge is -2.11. The Morgan fingerprint density at radius 2 is 1.87 bits per heavy atom. The van der Waals surface area contributed by atoms with E-state index >= 15 is 0 Å². The number of alkyl halides is 3. The Kier molecular flexibility index (Phi) is 5.89. The summed E-state index contributed by atoms with van der Waals surface area (Å²) in [5.74, 6) is -1.52. The van der Waals surface area contributed by atoms with E-state index in [1.807, 2.05) is 4.72 Å². The molecule has 0 bridgehead atoms. The third-order valence-electron chi connectivity index (χ3n) is 3.88. The Balaban J connectivity index is 1.65. The van der Waals surface area contributed by atoms with Gasteiger partial charge in [0.2, 0.25) is 15.9 Å². The van der Waals surface area contributed by atoms with Crippen molar-refractivity contribution in [3.05, 3.63) is 72.3 Å². The first-order valence-corrected chi connectivity index (χ1v) is 9.81. The second kappa shape index (κ2) is 8.24. The van der Waals surface area contributed by atoms with Crippen LogP contribution in [0.3, 0.4) is 0 Å². The Morgan fingerprint density at radius 1 is 1.10 bits per heavy atom. The van der Waals surface area contributed by atoms with E-state index in [2.05, 4.69) is 10.4 Å². The number of nitrogens with one attached hydrogen (secondary N) is 2. The molecule has 1 heterocycles. The summed E-state index contributed by atoms with van der Waals surface area (Å²) in [6, 6.07) is 8.49. The fourth-order valence-corrected chi connectivity index (χ4v) is 3.50. The molecule has 0 saturated heterocycles. The third-order valence-corrected chi connectivity index (χ3v) is 5.28. The van der Waals surface area contributed by atoms with E-state index in [9.17, 15) is 30.8 Å². The molecule has 0 saturated carbocycles. The first-order valence-electron chi connectivity index (χ1n) is 8.32. The van der Waals surface area contributed by atoms with E-state index in [-0.39, 0.29) is 11.4 Å². The van der Waals surface area contributed by atoms with Gasteiger partial charge in [0.25, 0.3) is 0 Å². The minimum Gasteiger partial charge on any atom is -0.325 e. The van der Waals surface area contributed by atoms with Crippen LogP contribution >= 0.6 is 0 Å². The molecule has 1 amide bonds. The zero-order valence-corrected chi connectivity index (χ0v) is 15.8. The third kappa shape index (κ3) is 5.02. The summed E-state index contributed by atoms with van der Waals surface area (Å²) in [4.78, 5) is 11.3. The van der Waals surface area contributed by atoms with Crippen molar-refractivity contribution in [3.8, 4) is 5.69 Å².